The predicted molar refractivity (Wildman–Crippen MR) is 39.0 cm³/mol. The molecule has 0 unspecified atom stereocenters. The van der Waals surface area contributed by atoms with Gasteiger partial charge in [0.2, 0.25) is 0 Å². The summed E-state index contributed by atoms with van der Waals surface area (Å²) < 4.78 is 9.96. The zero-order chi connectivity index (χ0) is 7.66. The van der Waals surface area contributed by atoms with Crippen molar-refractivity contribution in [3.8, 4) is 0 Å². The number of aliphatic hydroxyl groups is 1. The number of hydrogen-bond donors (Lipinski definition) is 1. The van der Waals surface area contributed by atoms with E-state index in [2.05, 4.69) is 0 Å². The molecule has 0 atom stereocenters. The van der Waals surface area contributed by atoms with Crippen molar-refractivity contribution < 1.29 is 14.6 Å². The van der Waals surface area contributed by atoms with Crippen molar-refractivity contribution in [3.63, 3.8) is 0 Å². The van der Waals surface area contributed by atoms with Crippen molar-refractivity contribution in [1.82, 2.24) is 0 Å². The van der Waals surface area contributed by atoms with Crippen LogP contribution in [0.1, 0.15) is 12.8 Å². The van der Waals surface area contributed by atoms with Crippen molar-refractivity contribution >= 4 is 0 Å². The van der Waals surface area contributed by atoms with Crippen LogP contribution in [0.5, 0.6) is 0 Å². The van der Waals surface area contributed by atoms with Gasteiger partial charge in [-0.3, -0.25) is 0 Å². The number of aliphatic hydroxyl groups excluding tert-OH is 1. The topological polar surface area (TPSA) is 38.7 Å². The highest BCUT2D eigenvalue weighted by molar-refractivity contribution is 4.34. The molecule has 0 fully saturated rings. The highest BCUT2D eigenvalue weighted by atomic mass is 16.5. The number of ether oxygens (including phenoxy) is 2. The highest BCUT2D eigenvalue weighted by Gasteiger charge is 1.87. The van der Waals surface area contributed by atoms with Gasteiger partial charge in [-0.2, -0.15) is 0 Å². The maximum absolute atomic E-state index is 8.36. The molecule has 3 nitrogen and oxygen atoms in total. The van der Waals surface area contributed by atoms with E-state index in [0.717, 1.165) is 26.1 Å². The smallest absolute Gasteiger partial charge is 0.0488 e. The molecule has 0 amide bonds. The Morgan fingerprint density at radius 2 is 1.80 bits per heavy atom. The van der Waals surface area contributed by atoms with Crippen molar-refractivity contribution in [2.75, 3.05) is 33.5 Å². The lowest BCUT2D eigenvalue weighted by Gasteiger charge is -2.00. The lowest BCUT2D eigenvalue weighted by molar-refractivity contribution is 0.0920. The van der Waals surface area contributed by atoms with Gasteiger partial charge in [0.05, 0.1) is 0 Å². The Balaban J connectivity index is 2.65. The summed E-state index contributed by atoms with van der Waals surface area (Å²) in [5.74, 6) is 0. The quantitative estimate of drug-likeness (QED) is 0.532. The third-order valence-corrected chi connectivity index (χ3v) is 1.08. The molecule has 0 saturated heterocycles. The molecule has 0 aliphatic rings. The van der Waals surface area contributed by atoms with Crippen LogP contribution in [0.3, 0.4) is 0 Å². The van der Waals surface area contributed by atoms with Gasteiger partial charge in [-0.25, -0.2) is 0 Å². The standard InChI is InChI=1S/C7H16O3/c1-9-5-3-7-10-6-2-4-8/h8H,2-7H2,1H3. The van der Waals surface area contributed by atoms with E-state index in [0.29, 0.717) is 6.61 Å². The van der Waals surface area contributed by atoms with Crippen LogP contribution in [0, 0.1) is 0 Å². The molecule has 0 radical (unpaired) electrons. The molecular weight excluding hydrogens is 132 g/mol. The molecule has 0 bridgehead atoms. The molecule has 0 aliphatic heterocycles. The zero-order valence-corrected chi connectivity index (χ0v) is 6.51. The fourth-order valence-corrected chi connectivity index (χ4v) is 0.574. The summed E-state index contributed by atoms with van der Waals surface area (Å²) in [5.41, 5.74) is 0. The van der Waals surface area contributed by atoms with Gasteiger partial charge >= 0.3 is 0 Å². The Morgan fingerprint density at radius 3 is 2.40 bits per heavy atom. The summed E-state index contributed by atoms with van der Waals surface area (Å²) in [7, 11) is 1.67. The Kier molecular flexibility index (Phi) is 8.77. The third-order valence-electron chi connectivity index (χ3n) is 1.08. The van der Waals surface area contributed by atoms with Crippen LogP contribution in [-0.4, -0.2) is 38.6 Å². The van der Waals surface area contributed by atoms with E-state index >= 15 is 0 Å². The van der Waals surface area contributed by atoms with Gasteiger partial charge < -0.3 is 14.6 Å². The molecule has 0 aromatic rings. The second kappa shape index (κ2) is 8.88. The van der Waals surface area contributed by atoms with Gasteiger partial charge in [0.25, 0.3) is 0 Å². The third kappa shape index (κ3) is 7.88. The molecule has 10 heavy (non-hydrogen) atoms. The van der Waals surface area contributed by atoms with E-state index in [1.807, 2.05) is 0 Å². The lowest BCUT2D eigenvalue weighted by atomic mass is 10.4. The van der Waals surface area contributed by atoms with Crippen LogP contribution in [0.15, 0.2) is 0 Å². The summed E-state index contributed by atoms with van der Waals surface area (Å²) in [4.78, 5) is 0. The molecule has 0 aliphatic carbocycles. The average molecular weight is 148 g/mol. The number of hydrogen-bond acceptors (Lipinski definition) is 3. The summed E-state index contributed by atoms with van der Waals surface area (Å²) >= 11 is 0. The van der Waals surface area contributed by atoms with Gasteiger partial charge in [-0.05, 0) is 12.8 Å². The van der Waals surface area contributed by atoms with Crippen LogP contribution < -0.4 is 0 Å². The highest BCUT2D eigenvalue weighted by Crippen LogP contribution is 1.85. The van der Waals surface area contributed by atoms with Gasteiger partial charge in [0, 0.05) is 33.5 Å². The van der Waals surface area contributed by atoms with Crippen LogP contribution in [0.4, 0.5) is 0 Å². The molecule has 0 spiro atoms. The maximum Gasteiger partial charge on any atom is 0.0488 e. The lowest BCUT2D eigenvalue weighted by Crippen LogP contribution is -2.01. The zero-order valence-electron chi connectivity index (χ0n) is 6.51. The Morgan fingerprint density at radius 1 is 1.10 bits per heavy atom. The number of rotatable bonds is 7. The second-order valence-corrected chi connectivity index (χ2v) is 2.04. The molecular formula is C7H16O3. The van der Waals surface area contributed by atoms with Gasteiger partial charge in [0.15, 0.2) is 0 Å². The van der Waals surface area contributed by atoms with Crippen molar-refractivity contribution in [1.29, 1.82) is 0 Å². The minimum absolute atomic E-state index is 0.213. The van der Waals surface area contributed by atoms with Gasteiger partial charge in [-0.1, -0.05) is 0 Å². The molecule has 0 saturated carbocycles. The molecule has 1 N–H and O–H groups in total. The fourth-order valence-electron chi connectivity index (χ4n) is 0.574. The van der Waals surface area contributed by atoms with Crippen LogP contribution in [0.2, 0.25) is 0 Å². The first-order valence-corrected chi connectivity index (χ1v) is 3.59. The van der Waals surface area contributed by atoms with Crippen LogP contribution in [0.25, 0.3) is 0 Å². The molecule has 0 aromatic carbocycles. The predicted octanol–water partition coefficient (Wildman–Crippen LogP) is 0.422. The number of methoxy groups -OCH3 is 1. The minimum atomic E-state index is 0.213. The van der Waals surface area contributed by atoms with E-state index in [4.69, 9.17) is 14.6 Å². The van der Waals surface area contributed by atoms with E-state index in [1.54, 1.807) is 7.11 Å². The molecule has 0 aromatic heterocycles. The van der Waals surface area contributed by atoms with E-state index in [-0.39, 0.29) is 6.61 Å². The Bertz CT molecular complexity index is 48.8. The van der Waals surface area contributed by atoms with Gasteiger partial charge in [0.1, 0.15) is 0 Å². The molecule has 62 valence electrons. The van der Waals surface area contributed by atoms with E-state index in [1.165, 1.54) is 0 Å². The van der Waals surface area contributed by atoms with Crippen molar-refractivity contribution in [2.45, 2.75) is 12.8 Å². The van der Waals surface area contributed by atoms with E-state index < -0.39 is 0 Å². The summed E-state index contributed by atoms with van der Waals surface area (Å²) in [6.45, 7) is 2.34. The first-order chi connectivity index (χ1) is 4.91. The normalized spacial score (nSPS) is 10.2. The Hall–Kier alpha value is -0.120. The molecule has 0 rings (SSSR count). The SMILES string of the molecule is COCCCOCCCO. The van der Waals surface area contributed by atoms with Gasteiger partial charge in [-0.15, -0.1) is 0 Å². The first kappa shape index (κ1) is 9.88. The summed E-state index contributed by atoms with van der Waals surface area (Å²) in [6, 6.07) is 0. The second-order valence-electron chi connectivity index (χ2n) is 2.04. The average Bonchev–Trinajstić information content (AvgIpc) is 1.97. The monoisotopic (exact) mass is 148 g/mol. The summed E-state index contributed by atoms with van der Waals surface area (Å²) in [6.07, 6.45) is 1.66. The van der Waals surface area contributed by atoms with Crippen LogP contribution >= 0.6 is 0 Å². The Labute approximate surface area is 62.0 Å². The van der Waals surface area contributed by atoms with Crippen molar-refractivity contribution in [3.05, 3.63) is 0 Å². The fraction of sp³-hybridized carbons (Fsp3) is 1.00. The van der Waals surface area contributed by atoms with Crippen molar-refractivity contribution in [2.24, 2.45) is 0 Å². The first-order valence-electron chi connectivity index (χ1n) is 3.59. The van der Waals surface area contributed by atoms with E-state index in [9.17, 15) is 0 Å². The largest absolute Gasteiger partial charge is 0.396 e. The molecule has 3 heteroatoms. The minimum Gasteiger partial charge on any atom is -0.396 e. The summed E-state index contributed by atoms with van der Waals surface area (Å²) in [5, 5.41) is 8.36. The molecule has 0 heterocycles. The van der Waals surface area contributed by atoms with Crippen LogP contribution in [-0.2, 0) is 9.47 Å². The maximum atomic E-state index is 8.36.